The normalized spacial score (nSPS) is 18.6. The summed E-state index contributed by atoms with van der Waals surface area (Å²) >= 11 is 9.95. The highest BCUT2D eigenvalue weighted by molar-refractivity contribution is 9.10. The van der Waals surface area contributed by atoms with Gasteiger partial charge in [-0.3, -0.25) is 4.79 Å². The molecule has 1 N–H and O–H groups in total. The molecular formula is C21H22BrClN6O. The van der Waals surface area contributed by atoms with Crippen LogP contribution in [0.15, 0.2) is 61.7 Å². The number of benzene rings is 1. The van der Waals surface area contributed by atoms with Gasteiger partial charge < -0.3 is 5.32 Å². The number of pyridine rings is 1. The summed E-state index contributed by atoms with van der Waals surface area (Å²) in [6.45, 7) is 1.80. The molecule has 7 nitrogen and oxygen atoms in total. The third-order valence-corrected chi connectivity index (χ3v) is 6.55. The molecule has 30 heavy (non-hydrogen) atoms. The van der Waals surface area contributed by atoms with E-state index in [-0.39, 0.29) is 11.8 Å². The number of nitrogens with zero attached hydrogens (tertiary/aromatic N) is 5. The molecule has 1 atom stereocenters. The lowest BCUT2D eigenvalue weighted by atomic mass is 9.86. The standard InChI is InChI=1S/C21H22BrClN6O/c1-21(26-28-29-27-21)17-8-6-14(11-18(17)23)16(10-13-4-2-3-5-13)20(30)25-19-9-7-15(22)12-24-19/h6-9,11-13,16H,2-5,10H2,1H3,(H,24,25,30). The Morgan fingerprint density at radius 2 is 1.97 bits per heavy atom. The molecule has 2 aromatic rings. The van der Waals surface area contributed by atoms with Gasteiger partial charge in [0.05, 0.1) is 5.92 Å². The number of hydrogen-bond acceptors (Lipinski definition) is 6. The summed E-state index contributed by atoms with van der Waals surface area (Å²) in [5, 5.41) is 18.8. The minimum Gasteiger partial charge on any atom is -0.310 e. The molecule has 1 aromatic carbocycles. The SMILES string of the molecule is CC1(c2ccc(C(CC3CCCC3)C(=O)Nc3ccc(Br)cn3)cc2Cl)N=NN=N1. The van der Waals surface area contributed by atoms with Crippen molar-refractivity contribution in [2.75, 3.05) is 5.32 Å². The van der Waals surface area contributed by atoms with E-state index in [1.807, 2.05) is 24.3 Å². The smallest absolute Gasteiger partial charge is 0.233 e. The van der Waals surface area contributed by atoms with E-state index >= 15 is 0 Å². The Morgan fingerprint density at radius 1 is 1.23 bits per heavy atom. The van der Waals surface area contributed by atoms with Gasteiger partial charge in [0.2, 0.25) is 11.6 Å². The summed E-state index contributed by atoms with van der Waals surface area (Å²) in [5.41, 5.74) is 0.674. The molecule has 1 aromatic heterocycles. The van der Waals surface area contributed by atoms with Gasteiger partial charge in [0.15, 0.2) is 0 Å². The molecule has 0 bridgehead atoms. The molecule has 0 radical (unpaired) electrons. The van der Waals surface area contributed by atoms with Crippen molar-refractivity contribution < 1.29 is 4.79 Å². The van der Waals surface area contributed by atoms with Gasteiger partial charge in [0.25, 0.3) is 0 Å². The predicted molar refractivity (Wildman–Crippen MR) is 118 cm³/mol. The molecule has 1 aliphatic heterocycles. The maximum absolute atomic E-state index is 13.2. The zero-order valence-electron chi connectivity index (χ0n) is 16.6. The zero-order chi connectivity index (χ0) is 21.1. The van der Waals surface area contributed by atoms with E-state index < -0.39 is 5.66 Å². The highest BCUT2D eigenvalue weighted by atomic mass is 79.9. The molecule has 2 heterocycles. The first-order chi connectivity index (χ1) is 14.4. The van der Waals surface area contributed by atoms with E-state index in [1.165, 1.54) is 12.8 Å². The first-order valence-corrected chi connectivity index (χ1v) is 11.2. The monoisotopic (exact) mass is 488 g/mol. The number of nitrogens with one attached hydrogen (secondary N) is 1. The van der Waals surface area contributed by atoms with Gasteiger partial charge in [-0.25, -0.2) is 4.98 Å². The minimum absolute atomic E-state index is 0.0769. The average molecular weight is 490 g/mol. The third kappa shape index (κ3) is 4.59. The van der Waals surface area contributed by atoms with Gasteiger partial charge in [-0.15, -0.1) is 10.2 Å². The molecule has 1 fully saturated rings. The van der Waals surface area contributed by atoms with Crippen LogP contribution in [0.3, 0.4) is 0 Å². The number of hydrogen-bond donors (Lipinski definition) is 1. The number of carbonyl (C=O) groups excluding carboxylic acids is 1. The van der Waals surface area contributed by atoms with Crippen LogP contribution in [0.1, 0.15) is 56.1 Å². The number of halogens is 2. The lowest BCUT2D eigenvalue weighted by Crippen LogP contribution is -2.24. The van der Waals surface area contributed by atoms with Crippen molar-refractivity contribution in [2.24, 2.45) is 26.6 Å². The maximum Gasteiger partial charge on any atom is 0.233 e. The molecule has 1 unspecified atom stereocenters. The van der Waals surface area contributed by atoms with Crippen molar-refractivity contribution in [1.82, 2.24) is 4.98 Å². The van der Waals surface area contributed by atoms with Crippen LogP contribution in [0, 0.1) is 5.92 Å². The number of carbonyl (C=O) groups is 1. The van der Waals surface area contributed by atoms with Gasteiger partial charge >= 0.3 is 0 Å². The van der Waals surface area contributed by atoms with Gasteiger partial charge in [-0.05, 0) is 69.4 Å². The van der Waals surface area contributed by atoms with E-state index in [4.69, 9.17) is 11.6 Å². The summed E-state index contributed by atoms with van der Waals surface area (Å²) in [6, 6.07) is 9.28. The summed E-state index contributed by atoms with van der Waals surface area (Å²) in [4.78, 5) is 17.5. The van der Waals surface area contributed by atoms with Gasteiger partial charge in [0.1, 0.15) is 5.82 Å². The van der Waals surface area contributed by atoms with Crippen molar-refractivity contribution in [2.45, 2.75) is 50.6 Å². The van der Waals surface area contributed by atoms with E-state index in [1.54, 1.807) is 19.2 Å². The lowest BCUT2D eigenvalue weighted by Gasteiger charge is -2.22. The summed E-state index contributed by atoms with van der Waals surface area (Å²) < 4.78 is 0.861. The minimum atomic E-state index is -0.917. The van der Waals surface area contributed by atoms with E-state index in [0.717, 1.165) is 29.3 Å². The fraction of sp³-hybridized carbons (Fsp3) is 0.429. The molecule has 1 saturated carbocycles. The van der Waals surface area contributed by atoms with E-state index in [0.29, 0.717) is 22.3 Å². The fourth-order valence-corrected chi connectivity index (χ4v) is 4.71. The van der Waals surface area contributed by atoms with Crippen LogP contribution in [-0.4, -0.2) is 10.9 Å². The van der Waals surface area contributed by atoms with Crippen molar-refractivity contribution in [3.8, 4) is 0 Å². The van der Waals surface area contributed by atoms with Crippen LogP contribution in [0.2, 0.25) is 5.02 Å². The average Bonchev–Trinajstić information content (AvgIpc) is 3.40. The second-order valence-corrected chi connectivity index (χ2v) is 9.25. The second kappa shape index (κ2) is 8.89. The number of anilines is 1. The molecule has 4 rings (SSSR count). The summed E-state index contributed by atoms with van der Waals surface area (Å²) in [6.07, 6.45) is 7.21. The van der Waals surface area contributed by atoms with Crippen molar-refractivity contribution in [3.63, 3.8) is 0 Å². The summed E-state index contributed by atoms with van der Waals surface area (Å²) in [5.74, 6) is 0.672. The van der Waals surface area contributed by atoms with Gasteiger partial charge in [-0.2, -0.15) is 0 Å². The highest BCUT2D eigenvalue weighted by Crippen LogP contribution is 2.40. The van der Waals surface area contributed by atoms with Crippen molar-refractivity contribution >= 4 is 39.3 Å². The Hall–Kier alpha value is -2.19. The Labute approximate surface area is 188 Å². The van der Waals surface area contributed by atoms with Crippen LogP contribution >= 0.6 is 27.5 Å². The first kappa shape index (κ1) is 21.1. The quantitative estimate of drug-likeness (QED) is 0.483. The molecular weight excluding hydrogens is 468 g/mol. The predicted octanol–water partition coefficient (Wildman–Crippen LogP) is 6.81. The Kier molecular flexibility index (Phi) is 6.24. The van der Waals surface area contributed by atoms with Crippen molar-refractivity contribution in [3.05, 3.63) is 57.2 Å². The highest BCUT2D eigenvalue weighted by Gasteiger charge is 2.33. The second-order valence-electron chi connectivity index (χ2n) is 7.93. The molecule has 9 heteroatoms. The Bertz CT molecular complexity index is 975. The van der Waals surface area contributed by atoms with E-state index in [2.05, 4.69) is 46.9 Å². The molecule has 156 valence electrons. The molecule has 0 saturated heterocycles. The lowest BCUT2D eigenvalue weighted by molar-refractivity contribution is -0.118. The number of rotatable bonds is 6. The largest absolute Gasteiger partial charge is 0.310 e. The molecule has 0 spiro atoms. The van der Waals surface area contributed by atoms with Gasteiger partial charge in [-0.1, -0.05) is 49.4 Å². The topological polar surface area (TPSA) is 91.4 Å². The summed E-state index contributed by atoms with van der Waals surface area (Å²) in [7, 11) is 0. The molecule has 1 aliphatic carbocycles. The zero-order valence-corrected chi connectivity index (χ0v) is 18.9. The van der Waals surface area contributed by atoms with Crippen molar-refractivity contribution in [1.29, 1.82) is 0 Å². The van der Waals surface area contributed by atoms with E-state index in [9.17, 15) is 4.79 Å². The van der Waals surface area contributed by atoms with Crippen LogP contribution in [-0.2, 0) is 10.5 Å². The Balaban J connectivity index is 1.60. The van der Waals surface area contributed by atoms with Crippen LogP contribution < -0.4 is 5.32 Å². The first-order valence-electron chi connectivity index (χ1n) is 10.0. The number of aromatic nitrogens is 1. The third-order valence-electron chi connectivity index (χ3n) is 5.76. The maximum atomic E-state index is 13.2. The van der Waals surface area contributed by atoms with Gasteiger partial charge in [0, 0.05) is 21.3 Å². The number of amides is 1. The molecule has 1 amide bonds. The van der Waals surface area contributed by atoms with Crippen LogP contribution in [0.25, 0.3) is 0 Å². The molecule has 2 aliphatic rings. The Morgan fingerprint density at radius 3 is 2.60 bits per heavy atom. The van der Waals surface area contributed by atoms with Crippen LogP contribution in [0.5, 0.6) is 0 Å². The fourth-order valence-electron chi connectivity index (χ4n) is 4.11. The van der Waals surface area contributed by atoms with Crippen LogP contribution in [0.4, 0.5) is 5.82 Å².